The summed E-state index contributed by atoms with van der Waals surface area (Å²) in [5, 5.41) is 9.98. The van der Waals surface area contributed by atoms with Gasteiger partial charge in [-0.3, -0.25) is 0 Å². The van der Waals surface area contributed by atoms with Crippen LogP contribution in [0, 0.1) is 17.6 Å². The van der Waals surface area contributed by atoms with Crippen LogP contribution in [-0.4, -0.2) is 29.6 Å². The monoisotopic (exact) mass is 269 g/mol. The van der Waals surface area contributed by atoms with Gasteiger partial charge in [-0.25, -0.2) is 8.78 Å². The van der Waals surface area contributed by atoms with E-state index < -0.39 is 17.7 Å². The lowest BCUT2D eigenvalue weighted by Crippen LogP contribution is -2.32. The third-order valence-corrected chi connectivity index (χ3v) is 4.10. The summed E-state index contributed by atoms with van der Waals surface area (Å²) in [5.74, 6) is -1.09. The molecule has 1 saturated carbocycles. The molecule has 1 aromatic carbocycles. The van der Waals surface area contributed by atoms with Gasteiger partial charge in [0.1, 0.15) is 0 Å². The first kappa shape index (κ1) is 14.4. The number of aliphatic hydroxyl groups is 1. The van der Waals surface area contributed by atoms with Crippen molar-refractivity contribution in [1.82, 2.24) is 4.90 Å². The Bertz CT molecular complexity index is 434. The van der Waals surface area contributed by atoms with Gasteiger partial charge in [0.05, 0.1) is 6.10 Å². The van der Waals surface area contributed by atoms with Crippen LogP contribution in [0.3, 0.4) is 0 Å². The molecule has 1 aliphatic carbocycles. The van der Waals surface area contributed by atoms with Crippen LogP contribution in [-0.2, 0) is 0 Å². The maximum atomic E-state index is 13.5. The fourth-order valence-electron chi connectivity index (χ4n) is 2.40. The van der Waals surface area contributed by atoms with Crippen LogP contribution in [0.15, 0.2) is 18.2 Å². The molecule has 1 N–H and O–H groups in total. The summed E-state index contributed by atoms with van der Waals surface area (Å²) >= 11 is 0. The number of hydrogen-bond donors (Lipinski definition) is 1. The van der Waals surface area contributed by atoms with E-state index in [9.17, 15) is 13.9 Å². The van der Waals surface area contributed by atoms with E-state index in [1.54, 1.807) is 0 Å². The highest BCUT2D eigenvalue weighted by Gasteiger charge is 2.30. The Morgan fingerprint density at radius 1 is 1.37 bits per heavy atom. The van der Waals surface area contributed by atoms with Crippen LogP contribution in [0.1, 0.15) is 37.9 Å². The first-order valence-corrected chi connectivity index (χ1v) is 6.83. The quantitative estimate of drug-likeness (QED) is 0.857. The van der Waals surface area contributed by atoms with E-state index in [-0.39, 0.29) is 5.56 Å². The molecule has 1 aliphatic rings. The summed E-state index contributed by atoms with van der Waals surface area (Å²) in [6.07, 6.45) is 2.00. The van der Waals surface area contributed by atoms with E-state index in [0.717, 1.165) is 12.0 Å². The molecule has 0 saturated heterocycles. The van der Waals surface area contributed by atoms with Crippen molar-refractivity contribution in [3.8, 4) is 0 Å². The third kappa shape index (κ3) is 3.51. The molecule has 0 spiro atoms. The van der Waals surface area contributed by atoms with E-state index >= 15 is 0 Å². The lowest BCUT2D eigenvalue weighted by molar-refractivity contribution is 0.131. The van der Waals surface area contributed by atoms with Crippen LogP contribution in [0.5, 0.6) is 0 Å². The molecule has 1 aromatic rings. The Kier molecular flexibility index (Phi) is 4.53. The van der Waals surface area contributed by atoms with Crippen molar-refractivity contribution in [1.29, 1.82) is 0 Å². The highest BCUT2D eigenvalue weighted by molar-refractivity contribution is 5.21. The number of nitrogens with zero attached hydrogens (tertiary/aromatic N) is 1. The zero-order chi connectivity index (χ0) is 14.0. The van der Waals surface area contributed by atoms with Gasteiger partial charge < -0.3 is 10.0 Å². The number of halogens is 2. The van der Waals surface area contributed by atoms with Gasteiger partial charge in [-0.05, 0) is 45.2 Å². The lowest BCUT2D eigenvalue weighted by Gasteiger charge is -2.25. The molecule has 2 atom stereocenters. The van der Waals surface area contributed by atoms with Crippen LogP contribution >= 0.6 is 0 Å². The molecule has 0 bridgehead atoms. The topological polar surface area (TPSA) is 23.5 Å². The van der Waals surface area contributed by atoms with Crippen molar-refractivity contribution >= 4 is 0 Å². The van der Waals surface area contributed by atoms with Crippen molar-refractivity contribution in [2.75, 3.05) is 13.6 Å². The number of rotatable bonds is 6. The first-order chi connectivity index (χ1) is 9.00. The second-order valence-corrected chi connectivity index (χ2v) is 5.51. The lowest BCUT2D eigenvalue weighted by atomic mass is 10.0. The molecule has 2 unspecified atom stereocenters. The summed E-state index contributed by atoms with van der Waals surface area (Å²) in [6, 6.07) is 4.41. The molecule has 0 aromatic heterocycles. The predicted molar refractivity (Wildman–Crippen MR) is 70.8 cm³/mol. The molecule has 0 radical (unpaired) electrons. The zero-order valence-corrected chi connectivity index (χ0v) is 11.4. The van der Waals surface area contributed by atoms with Gasteiger partial charge in [0.25, 0.3) is 0 Å². The first-order valence-electron chi connectivity index (χ1n) is 6.83. The SMILES string of the molecule is CC(C1CC1)N(C)CCC(O)c1cccc(F)c1F. The fraction of sp³-hybridized carbons (Fsp3) is 0.600. The third-order valence-electron chi connectivity index (χ3n) is 4.10. The fourth-order valence-corrected chi connectivity index (χ4v) is 2.40. The van der Waals surface area contributed by atoms with Crippen molar-refractivity contribution in [2.45, 2.75) is 38.3 Å². The Labute approximate surface area is 113 Å². The largest absolute Gasteiger partial charge is 0.388 e. The van der Waals surface area contributed by atoms with E-state index in [0.29, 0.717) is 19.0 Å². The Morgan fingerprint density at radius 2 is 2.05 bits per heavy atom. The van der Waals surface area contributed by atoms with Gasteiger partial charge in [-0.1, -0.05) is 12.1 Å². The van der Waals surface area contributed by atoms with Crippen LogP contribution in [0.2, 0.25) is 0 Å². The second-order valence-electron chi connectivity index (χ2n) is 5.51. The maximum absolute atomic E-state index is 13.5. The zero-order valence-electron chi connectivity index (χ0n) is 11.4. The van der Waals surface area contributed by atoms with Gasteiger partial charge >= 0.3 is 0 Å². The van der Waals surface area contributed by atoms with E-state index in [4.69, 9.17) is 0 Å². The highest BCUT2D eigenvalue weighted by atomic mass is 19.2. The summed E-state index contributed by atoms with van der Waals surface area (Å²) in [6.45, 7) is 2.85. The van der Waals surface area contributed by atoms with Gasteiger partial charge in [-0.15, -0.1) is 0 Å². The average Bonchev–Trinajstić information content (AvgIpc) is 3.22. The van der Waals surface area contributed by atoms with Crippen LogP contribution in [0.4, 0.5) is 8.78 Å². The predicted octanol–water partition coefficient (Wildman–Crippen LogP) is 3.12. The molecular formula is C15H21F2NO. The normalized spacial score (nSPS) is 18.6. The Morgan fingerprint density at radius 3 is 2.68 bits per heavy atom. The van der Waals surface area contributed by atoms with Crippen molar-refractivity contribution in [3.05, 3.63) is 35.4 Å². The van der Waals surface area contributed by atoms with Gasteiger partial charge in [0, 0.05) is 18.2 Å². The van der Waals surface area contributed by atoms with E-state index in [1.807, 2.05) is 7.05 Å². The van der Waals surface area contributed by atoms with Crippen molar-refractivity contribution in [2.24, 2.45) is 5.92 Å². The average molecular weight is 269 g/mol. The molecule has 0 heterocycles. The Balaban J connectivity index is 1.89. The minimum atomic E-state index is -0.954. The molecular weight excluding hydrogens is 248 g/mol. The minimum Gasteiger partial charge on any atom is -0.388 e. The minimum absolute atomic E-state index is 0.0486. The van der Waals surface area contributed by atoms with Gasteiger partial charge in [-0.2, -0.15) is 0 Å². The van der Waals surface area contributed by atoms with E-state index in [1.165, 1.54) is 25.0 Å². The molecule has 0 amide bonds. The van der Waals surface area contributed by atoms with Gasteiger partial charge in [0.15, 0.2) is 11.6 Å². The van der Waals surface area contributed by atoms with Crippen LogP contribution < -0.4 is 0 Å². The summed E-state index contributed by atoms with van der Waals surface area (Å²) in [5.41, 5.74) is 0.0486. The summed E-state index contributed by atoms with van der Waals surface area (Å²) < 4.78 is 26.6. The molecule has 2 rings (SSSR count). The number of aliphatic hydroxyl groups excluding tert-OH is 1. The molecule has 4 heteroatoms. The Hall–Kier alpha value is -1.00. The molecule has 106 valence electrons. The maximum Gasteiger partial charge on any atom is 0.164 e. The van der Waals surface area contributed by atoms with Crippen LogP contribution in [0.25, 0.3) is 0 Å². The standard InChI is InChI=1S/C15H21F2NO/c1-10(11-6-7-11)18(2)9-8-14(19)12-4-3-5-13(16)15(12)17/h3-5,10-11,14,19H,6-9H2,1-2H3. The highest BCUT2D eigenvalue weighted by Crippen LogP contribution is 2.35. The summed E-state index contributed by atoms with van der Waals surface area (Å²) in [4.78, 5) is 2.18. The van der Waals surface area contributed by atoms with Crippen molar-refractivity contribution in [3.63, 3.8) is 0 Å². The summed E-state index contributed by atoms with van der Waals surface area (Å²) in [7, 11) is 2.01. The molecule has 19 heavy (non-hydrogen) atoms. The number of benzene rings is 1. The second kappa shape index (κ2) is 5.97. The van der Waals surface area contributed by atoms with E-state index in [2.05, 4.69) is 11.8 Å². The van der Waals surface area contributed by atoms with Crippen molar-refractivity contribution < 1.29 is 13.9 Å². The molecule has 2 nitrogen and oxygen atoms in total. The van der Waals surface area contributed by atoms with Gasteiger partial charge in [0.2, 0.25) is 0 Å². The molecule has 0 aliphatic heterocycles. The smallest absolute Gasteiger partial charge is 0.164 e. The number of hydrogen-bond acceptors (Lipinski definition) is 2. The molecule has 1 fully saturated rings.